The summed E-state index contributed by atoms with van der Waals surface area (Å²) in [5.41, 5.74) is 1.61. The van der Waals surface area contributed by atoms with Crippen LogP contribution in [-0.2, 0) is 6.54 Å². The van der Waals surface area contributed by atoms with Gasteiger partial charge in [-0.05, 0) is 48.4 Å². The number of hydrogen-bond donors (Lipinski definition) is 3. The predicted octanol–water partition coefficient (Wildman–Crippen LogP) is 3.80. The molecule has 0 bridgehead atoms. The van der Waals surface area contributed by atoms with Gasteiger partial charge in [-0.15, -0.1) is 0 Å². The van der Waals surface area contributed by atoms with Gasteiger partial charge in [0.25, 0.3) is 0 Å². The molecule has 0 radical (unpaired) electrons. The summed E-state index contributed by atoms with van der Waals surface area (Å²) in [5, 5.41) is 17.6. The molecule has 0 saturated carbocycles. The highest BCUT2D eigenvalue weighted by Crippen LogP contribution is 2.27. The highest BCUT2D eigenvalue weighted by atomic mass is 35.5. The smallest absolute Gasteiger partial charge is 0.191 e. The van der Waals surface area contributed by atoms with E-state index in [0.717, 1.165) is 5.56 Å². The van der Waals surface area contributed by atoms with Crippen LogP contribution in [0, 0.1) is 0 Å². The third-order valence-electron chi connectivity index (χ3n) is 3.94. The summed E-state index contributed by atoms with van der Waals surface area (Å²) in [5.74, 6) is 1.91. The number of benzene rings is 2. The van der Waals surface area contributed by atoms with Gasteiger partial charge in [0, 0.05) is 23.1 Å². The number of nitrogens with one attached hydrogen (secondary N) is 2. The number of halogens is 2. The second kappa shape index (κ2) is 11.0. The first-order chi connectivity index (χ1) is 13.5. The van der Waals surface area contributed by atoms with Crippen LogP contribution >= 0.6 is 23.2 Å². The van der Waals surface area contributed by atoms with Crippen LogP contribution < -0.4 is 20.1 Å². The first-order valence-electron chi connectivity index (χ1n) is 8.84. The van der Waals surface area contributed by atoms with Gasteiger partial charge in [0.15, 0.2) is 17.5 Å². The zero-order valence-corrected chi connectivity index (χ0v) is 17.6. The number of aliphatic imine (C=N–C) groups is 1. The summed E-state index contributed by atoms with van der Waals surface area (Å²) in [6, 6.07) is 10.7. The van der Waals surface area contributed by atoms with Crippen molar-refractivity contribution in [3.63, 3.8) is 0 Å². The van der Waals surface area contributed by atoms with Crippen molar-refractivity contribution in [3.8, 4) is 11.5 Å². The van der Waals surface area contributed by atoms with E-state index < -0.39 is 6.10 Å². The minimum absolute atomic E-state index is 0.258. The van der Waals surface area contributed by atoms with Crippen molar-refractivity contribution in [3.05, 3.63) is 57.6 Å². The van der Waals surface area contributed by atoms with Crippen LogP contribution in [0.3, 0.4) is 0 Å². The van der Waals surface area contributed by atoms with Crippen LogP contribution in [0.5, 0.6) is 11.5 Å². The number of rotatable bonds is 8. The van der Waals surface area contributed by atoms with E-state index in [9.17, 15) is 5.11 Å². The Bertz CT molecular complexity index is 795. The van der Waals surface area contributed by atoms with E-state index in [-0.39, 0.29) is 6.54 Å². The van der Waals surface area contributed by atoms with E-state index in [4.69, 9.17) is 32.7 Å². The van der Waals surface area contributed by atoms with Gasteiger partial charge in [0.05, 0.1) is 26.9 Å². The van der Waals surface area contributed by atoms with Gasteiger partial charge < -0.3 is 25.2 Å². The molecular formula is C20H25Cl2N3O3. The molecule has 152 valence electrons. The zero-order chi connectivity index (χ0) is 20.5. The maximum absolute atomic E-state index is 10.4. The third kappa shape index (κ3) is 6.48. The predicted molar refractivity (Wildman–Crippen MR) is 114 cm³/mol. The van der Waals surface area contributed by atoms with Gasteiger partial charge >= 0.3 is 0 Å². The zero-order valence-electron chi connectivity index (χ0n) is 16.1. The lowest BCUT2D eigenvalue weighted by Crippen LogP contribution is -2.39. The van der Waals surface area contributed by atoms with Crippen molar-refractivity contribution in [1.82, 2.24) is 10.6 Å². The van der Waals surface area contributed by atoms with Gasteiger partial charge in [-0.25, -0.2) is 4.99 Å². The minimum Gasteiger partial charge on any atom is -0.493 e. The molecule has 0 fully saturated rings. The Morgan fingerprint density at radius 1 is 1.04 bits per heavy atom. The van der Waals surface area contributed by atoms with Gasteiger partial charge in [-0.2, -0.15) is 0 Å². The van der Waals surface area contributed by atoms with Crippen molar-refractivity contribution >= 4 is 29.2 Å². The molecule has 1 atom stereocenters. The van der Waals surface area contributed by atoms with Crippen LogP contribution in [0.4, 0.5) is 0 Å². The SMILES string of the molecule is CCNC(=NCc1ccc(OC)c(OC)c1)NCC(O)c1cc(Cl)cc(Cl)c1. The normalized spacial score (nSPS) is 12.4. The Balaban J connectivity index is 2.04. The molecule has 0 spiro atoms. The van der Waals surface area contributed by atoms with Crippen molar-refractivity contribution in [2.75, 3.05) is 27.3 Å². The molecule has 8 heteroatoms. The lowest BCUT2D eigenvalue weighted by atomic mass is 10.1. The Morgan fingerprint density at radius 2 is 1.71 bits per heavy atom. The Hall–Kier alpha value is -2.15. The van der Waals surface area contributed by atoms with Gasteiger partial charge in [0.1, 0.15) is 0 Å². The summed E-state index contributed by atoms with van der Waals surface area (Å²) in [6.07, 6.45) is -0.777. The van der Waals surface area contributed by atoms with Crippen LogP contribution in [0.1, 0.15) is 24.2 Å². The number of aliphatic hydroxyl groups excluding tert-OH is 1. The van der Waals surface area contributed by atoms with Crippen molar-refractivity contribution < 1.29 is 14.6 Å². The molecular weight excluding hydrogens is 401 g/mol. The molecule has 2 rings (SSSR count). The summed E-state index contributed by atoms with van der Waals surface area (Å²) in [6.45, 7) is 3.36. The Morgan fingerprint density at radius 3 is 2.32 bits per heavy atom. The number of guanidine groups is 1. The third-order valence-corrected chi connectivity index (χ3v) is 4.38. The molecule has 0 amide bonds. The second-order valence-electron chi connectivity index (χ2n) is 5.98. The monoisotopic (exact) mass is 425 g/mol. The maximum atomic E-state index is 10.4. The molecule has 28 heavy (non-hydrogen) atoms. The van der Waals surface area contributed by atoms with Crippen LogP contribution in [-0.4, -0.2) is 38.4 Å². The standard InChI is InChI=1S/C20H25Cl2N3O3/c1-4-23-20(24-11-13-5-6-18(27-2)19(7-13)28-3)25-12-17(26)14-8-15(21)10-16(22)9-14/h5-10,17,26H,4,11-12H2,1-3H3,(H2,23,24,25). The van der Waals surface area contributed by atoms with Crippen LogP contribution in [0.25, 0.3) is 0 Å². The topological polar surface area (TPSA) is 75.1 Å². The van der Waals surface area contributed by atoms with Crippen molar-refractivity contribution in [2.45, 2.75) is 19.6 Å². The lowest BCUT2D eigenvalue weighted by molar-refractivity contribution is 0.181. The molecule has 0 aliphatic heterocycles. The van der Waals surface area contributed by atoms with E-state index in [1.165, 1.54) is 0 Å². The van der Waals surface area contributed by atoms with E-state index in [0.29, 0.717) is 46.2 Å². The molecule has 0 heterocycles. The van der Waals surface area contributed by atoms with Crippen LogP contribution in [0.2, 0.25) is 10.0 Å². The summed E-state index contributed by atoms with van der Waals surface area (Å²) >= 11 is 12.0. The van der Waals surface area contributed by atoms with E-state index in [2.05, 4.69) is 15.6 Å². The number of methoxy groups -OCH3 is 2. The molecule has 2 aromatic rings. The quantitative estimate of drug-likeness (QED) is 0.442. The minimum atomic E-state index is -0.777. The van der Waals surface area contributed by atoms with Gasteiger partial charge in [-0.1, -0.05) is 29.3 Å². The van der Waals surface area contributed by atoms with E-state index in [1.807, 2.05) is 25.1 Å². The molecule has 1 unspecified atom stereocenters. The van der Waals surface area contributed by atoms with Gasteiger partial charge in [0.2, 0.25) is 0 Å². The van der Waals surface area contributed by atoms with Crippen LogP contribution in [0.15, 0.2) is 41.4 Å². The average molecular weight is 426 g/mol. The maximum Gasteiger partial charge on any atom is 0.191 e. The fourth-order valence-corrected chi connectivity index (χ4v) is 3.11. The highest BCUT2D eigenvalue weighted by Gasteiger charge is 2.11. The summed E-state index contributed by atoms with van der Waals surface area (Å²) in [7, 11) is 3.20. The number of nitrogens with zero attached hydrogens (tertiary/aromatic N) is 1. The fourth-order valence-electron chi connectivity index (χ4n) is 2.57. The Kier molecular flexibility index (Phi) is 8.70. The molecule has 0 aromatic heterocycles. The van der Waals surface area contributed by atoms with Crippen molar-refractivity contribution in [1.29, 1.82) is 0 Å². The highest BCUT2D eigenvalue weighted by molar-refractivity contribution is 6.34. The number of hydrogen-bond acceptors (Lipinski definition) is 4. The molecule has 0 saturated heterocycles. The molecule has 6 nitrogen and oxygen atoms in total. The molecule has 3 N–H and O–H groups in total. The first kappa shape index (κ1) is 22.1. The Labute approximate surface area is 175 Å². The molecule has 0 aliphatic rings. The summed E-state index contributed by atoms with van der Waals surface area (Å²) in [4.78, 5) is 4.55. The first-order valence-corrected chi connectivity index (χ1v) is 9.59. The summed E-state index contributed by atoms with van der Waals surface area (Å²) < 4.78 is 10.6. The molecule has 2 aromatic carbocycles. The largest absolute Gasteiger partial charge is 0.493 e. The van der Waals surface area contributed by atoms with Crippen molar-refractivity contribution in [2.24, 2.45) is 4.99 Å². The van der Waals surface area contributed by atoms with Gasteiger partial charge in [-0.3, -0.25) is 0 Å². The average Bonchev–Trinajstić information content (AvgIpc) is 2.68. The van der Waals surface area contributed by atoms with E-state index in [1.54, 1.807) is 32.4 Å². The lowest BCUT2D eigenvalue weighted by Gasteiger charge is -2.16. The fraction of sp³-hybridized carbons (Fsp3) is 0.350. The second-order valence-corrected chi connectivity index (χ2v) is 6.86. The number of aliphatic hydroxyl groups is 1. The van der Waals surface area contributed by atoms with E-state index >= 15 is 0 Å². The number of ether oxygens (including phenoxy) is 2. The molecule has 0 aliphatic carbocycles.